The molecule has 1 heterocycles. The number of methoxy groups -OCH3 is 1. The number of rotatable bonds is 6. The van der Waals surface area contributed by atoms with Crippen molar-refractivity contribution >= 4 is 35.1 Å². The minimum Gasteiger partial charge on any atom is -0.467 e. The molecule has 1 N–H and O–H groups in total. The summed E-state index contributed by atoms with van der Waals surface area (Å²) >= 11 is 5.89. The van der Waals surface area contributed by atoms with Crippen molar-refractivity contribution in [2.75, 3.05) is 18.6 Å². The molecule has 3 rings (SSSR count). The summed E-state index contributed by atoms with van der Waals surface area (Å²) in [5, 5.41) is 3.32. The number of hydrogen-bond donors (Lipinski definition) is 1. The van der Waals surface area contributed by atoms with Gasteiger partial charge in [0.05, 0.1) is 13.0 Å². The summed E-state index contributed by atoms with van der Waals surface area (Å²) in [6, 6.07) is 15.4. The van der Waals surface area contributed by atoms with Crippen LogP contribution in [0.3, 0.4) is 0 Å². The summed E-state index contributed by atoms with van der Waals surface area (Å²) < 4.78 is 4.83. The Morgan fingerprint density at radius 3 is 2.50 bits per heavy atom. The van der Waals surface area contributed by atoms with Crippen molar-refractivity contribution in [2.45, 2.75) is 18.9 Å². The van der Waals surface area contributed by atoms with E-state index in [0.29, 0.717) is 17.1 Å². The molecule has 0 aliphatic carbocycles. The van der Waals surface area contributed by atoms with Crippen LogP contribution < -0.4 is 10.2 Å². The fraction of sp³-hybridized carbons (Fsp3) is 0.286. The predicted octanol–water partition coefficient (Wildman–Crippen LogP) is 2.59. The van der Waals surface area contributed by atoms with E-state index in [-0.39, 0.29) is 24.8 Å². The summed E-state index contributed by atoms with van der Waals surface area (Å²) in [5.41, 5.74) is 1.60. The van der Waals surface area contributed by atoms with Gasteiger partial charge in [0.25, 0.3) is 0 Å². The van der Waals surface area contributed by atoms with E-state index in [0.717, 1.165) is 5.56 Å². The maximum atomic E-state index is 12.7. The average Bonchev–Trinajstić information content (AvgIpc) is 3.10. The van der Waals surface area contributed by atoms with Gasteiger partial charge in [-0.15, -0.1) is 0 Å². The average molecular weight is 401 g/mol. The normalized spacial score (nSPS) is 17.3. The number of halogens is 1. The van der Waals surface area contributed by atoms with Crippen LogP contribution in [-0.4, -0.2) is 37.5 Å². The van der Waals surface area contributed by atoms with Gasteiger partial charge in [-0.05, 0) is 29.8 Å². The lowest BCUT2D eigenvalue weighted by atomic mass is 10.0. The number of hydrogen-bond acceptors (Lipinski definition) is 4. The van der Waals surface area contributed by atoms with Gasteiger partial charge in [0.1, 0.15) is 6.04 Å². The molecule has 0 bridgehead atoms. The second-order valence-corrected chi connectivity index (χ2v) is 7.09. The molecule has 0 radical (unpaired) electrons. The maximum Gasteiger partial charge on any atom is 0.328 e. The van der Waals surface area contributed by atoms with Crippen molar-refractivity contribution in [2.24, 2.45) is 5.92 Å². The third-order valence-electron chi connectivity index (χ3n) is 4.72. The summed E-state index contributed by atoms with van der Waals surface area (Å²) in [6.45, 7) is 0.255. The van der Waals surface area contributed by atoms with Crippen molar-refractivity contribution in [1.29, 1.82) is 0 Å². The van der Waals surface area contributed by atoms with E-state index in [1.807, 2.05) is 30.3 Å². The van der Waals surface area contributed by atoms with Crippen LogP contribution in [0.15, 0.2) is 54.6 Å². The maximum absolute atomic E-state index is 12.7. The number of esters is 1. The minimum absolute atomic E-state index is 0.0910. The van der Waals surface area contributed by atoms with Gasteiger partial charge >= 0.3 is 5.97 Å². The Kier molecular flexibility index (Phi) is 6.31. The van der Waals surface area contributed by atoms with Crippen molar-refractivity contribution in [3.63, 3.8) is 0 Å². The van der Waals surface area contributed by atoms with Crippen LogP contribution in [0.5, 0.6) is 0 Å². The van der Waals surface area contributed by atoms with Gasteiger partial charge in [0.2, 0.25) is 11.8 Å². The zero-order chi connectivity index (χ0) is 20.1. The zero-order valence-corrected chi connectivity index (χ0v) is 16.2. The summed E-state index contributed by atoms with van der Waals surface area (Å²) in [6.07, 6.45) is 0.411. The van der Waals surface area contributed by atoms with Crippen molar-refractivity contribution in [3.8, 4) is 0 Å². The molecule has 28 heavy (non-hydrogen) atoms. The molecule has 0 aromatic heterocycles. The van der Waals surface area contributed by atoms with E-state index in [9.17, 15) is 14.4 Å². The van der Waals surface area contributed by atoms with E-state index in [1.54, 1.807) is 29.2 Å². The SMILES string of the molecule is COC(=O)[C@H](Cc1ccccc1)NC(=O)[C@@H]1CC(=O)N(c2ccc(Cl)cc2)C1. The molecule has 1 aliphatic rings. The fourth-order valence-corrected chi connectivity index (χ4v) is 3.35. The number of benzene rings is 2. The van der Waals surface area contributed by atoms with Gasteiger partial charge in [0.15, 0.2) is 0 Å². The topological polar surface area (TPSA) is 75.7 Å². The molecule has 2 aromatic carbocycles. The second-order valence-electron chi connectivity index (χ2n) is 6.66. The highest BCUT2D eigenvalue weighted by Gasteiger charge is 2.36. The number of nitrogens with one attached hydrogen (secondary N) is 1. The first-order chi connectivity index (χ1) is 13.5. The summed E-state index contributed by atoms with van der Waals surface area (Å²) in [5.74, 6) is -1.53. The van der Waals surface area contributed by atoms with Crippen LogP contribution in [0.25, 0.3) is 0 Å². The highest BCUT2D eigenvalue weighted by atomic mass is 35.5. The number of ether oxygens (including phenoxy) is 1. The fourth-order valence-electron chi connectivity index (χ4n) is 3.23. The highest BCUT2D eigenvalue weighted by molar-refractivity contribution is 6.30. The monoisotopic (exact) mass is 400 g/mol. The molecule has 0 saturated carbocycles. The first kappa shape index (κ1) is 19.9. The molecule has 2 aromatic rings. The van der Waals surface area contributed by atoms with Gasteiger partial charge in [-0.2, -0.15) is 0 Å². The minimum atomic E-state index is -0.806. The number of anilines is 1. The predicted molar refractivity (Wildman–Crippen MR) is 106 cm³/mol. The molecule has 0 spiro atoms. The molecule has 1 fully saturated rings. The van der Waals surface area contributed by atoms with Gasteiger partial charge in [-0.3, -0.25) is 9.59 Å². The molecule has 1 saturated heterocycles. The smallest absolute Gasteiger partial charge is 0.328 e. The second kappa shape index (κ2) is 8.89. The van der Waals surface area contributed by atoms with Crippen molar-refractivity contribution in [1.82, 2.24) is 5.32 Å². The lowest BCUT2D eigenvalue weighted by molar-refractivity contribution is -0.145. The molecule has 2 amide bonds. The number of carbonyl (C=O) groups excluding carboxylic acids is 3. The molecule has 7 heteroatoms. The van der Waals surface area contributed by atoms with E-state index < -0.39 is 17.9 Å². The Bertz CT molecular complexity index is 854. The van der Waals surface area contributed by atoms with E-state index in [4.69, 9.17) is 16.3 Å². The van der Waals surface area contributed by atoms with Crippen molar-refractivity contribution < 1.29 is 19.1 Å². The Hall–Kier alpha value is -2.86. The molecule has 0 unspecified atom stereocenters. The Morgan fingerprint density at radius 1 is 1.18 bits per heavy atom. The number of nitrogens with zero attached hydrogens (tertiary/aromatic N) is 1. The molecular weight excluding hydrogens is 380 g/mol. The lowest BCUT2D eigenvalue weighted by Gasteiger charge is -2.20. The van der Waals surface area contributed by atoms with E-state index >= 15 is 0 Å². The number of amides is 2. The van der Waals surface area contributed by atoms with Crippen molar-refractivity contribution in [3.05, 3.63) is 65.2 Å². The van der Waals surface area contributed by atoms with Gasteiger partial charge in [0, 0.05) is 30.1 Å². The first-order valence-corrected chi connectivity index (χ1v) is 9.34. The standard InChI is InChI=1S/C21H21ClN2O4/c1-28-21(27)18(11-14-5-3-2-4-6-14)23-20(26)15-12-19(25)24(13-15)17-9-7-16(22)8-10-17/h2-10,15,18H,11-13H2,1H3,(H,23,26)/t15-,18+/m1/s1. The van der Waals surface area contributed by atoms with Gasteiger partial charge < -0.3 is 15.0 Å². The largest absolute Gasteiger partial charge is 0.467 e. The van der Waals surface area contributed by atoms with Crippen LogP contribution in [0.2, 0.25) is 5.02 Å². The van der Waals surface area contributed by atoms with Gasteiger partial charge in [-0.1, -0.05) is 41.9 Å². The van der Waals surface area contributed by atoms with E-state index in [1.165, 1.54) is 7.11 Å². The lowest BCUT2D eigenvalue weighted by Crippen LogP contribution is -2.46. The Morgan fingerprint density at radius 2 is 1.86 bits per heavy atom. The first-order valence-electron chi connectivity index (χ1n) is 8.96. The van der Waals surface area contributed by atoms with Crippen LogP contribution >= 0.6 is 11.6 Å². The molecular formula is C21H21ClN2O4. The third kappa shape index (κ3) is 4.70. The van der Waals surface area contributed by atoms with Gasteiger partial charge in [-0.25, -0.2) is 4.79 Å². The van der Waals surface area contributed by atoms with Crippen LogP contribution in [-0.2, 0) is 25.5 Å². The quantitative estimate of drug-likeness (QED) is 0.756. The molecule has 6 nitrogen and oxygen atoms in total. The molecule has 146 valence electrons. The number of carbonyl (C=O) groups is 3. The van der Waals surface area contributed by atoms with E-state index in [2.05, 4.69) is 5.32 Å². The van der Waals surface area contributed by atoms with Crippen LogP contribution in [0.1, 0.15) is 12.0 Å². The summed E-state index contributed by atoms with van der Waals surface area (Å²) in [7, 11) is 1.29. The van der Waals surface area contributed by atoms with Crippen LogP contribution in [0.4, 0.5) is 5.69 Å². The molecule has 1 aliphatic heterocycles. The Labute approximate surface area is 168 Å². The third-order valence-corrected chi connectivity index (χ3v) is 4.97. The highest BCUT2D eigenvalue weighted by Crippen LogP contribution is 2.26. The van der Waals surface area contributed by atoms with Crippen LogP contribution in [0, 0.1) is 5.92 Å². The summed E-state index contributed by atoms with van der Waals surface area (Å²) in [4.78, 5) is 38.8. The molecule has 2 atom stereocenters. The zero-order valence-electron chi connectivity index (χ0n) is 15.4. The Balaban J connectivity index is 1.67.